The lowest BCUT2D eigenvalue weighted by molar-refractivity contribution is 0.0981. The number of carbonyl (C=O) groups excluding carboxylic acids is 2. The molecule has 3 amide bonds. The van der Waals surface area contributed by atoms with Crippen molar-refractivity contribution in [3.8, 4) is 0 Å². The van der Waals surface area contributed by atoms with Crippen LogP contribution in [0.1, 0.15) is 23.2 Å². The first-order valence-electron chi connectivity index (χ1n) is 9.00. The fraction of sp³-hybridized carbons (Fsp3) is 0.150. The monoisotopic (exact) mass is 410 g/mol. The van der Waals surface area contributed by atoms with Gasteiger partial charge in [0.15, 0.2) is 0 Å². The van der Waals surface area contributed by atoms with Gasteiger partial charge < -0.3 is 10.6 Å². The molecule has 9 heteroatoms. The minimum Gasteiger partial charge on any atom is -0.335 e. The van der Waals surface area contributed by atoms with E-state index >= 15 is 0 Å². The lowest BCUT2D eigenvalue weighted by Crippen LogP contribution is -2.31. The van der Waals surface area contributed by atoms with Crippen LogP contribution in [0.5, 0.6) is 0 Å². The summed E-state index contributed by atoms with van der Waals surface area (Å²) in [6, 6.07) is 12.3. The van der Waals surface area contributed by atoms with Crippen LogP contribution in [0.2, 0.25) is 0 Å². The Bertz CT molecular complexity index is 1200. The van der Waals surface area contributed by atoms with Gasteiger partial charge in [-0.15, -0.1) is 0 Å². The van der Waals surface area contributed by atoms with Gasteiger partial charge in [0, 0.05) is 40.5 Å². The maximum Gasteiger partial charge on any atom is 0.319 e. The van der Waals surface area contributed by atoms with Gasteiger partial charge in [-0.25, -0.2) is 17.9 Å². The second kappa shape index (κ2) is 7.51. The lowest BCUT2D eigenvalue weighted by atomic mass is 10.2. The number of pyridine rings is 1. The minimum absolute atomic E-state index is 0.0103. The van der Waals surface area contributed by atoms with Crippen molar-refractivity contribution >= 4 is 38.4 Å². The fourth-order valence-electron chi connectivity index (χ4n) is 2.88. The Kier molecular flexibility index (Phi) is 4.89. The summed E-state index contributed by atoms with van der Waals surface area (Å²) >= 11 is 0. The molecule has 3 N–H and O–H groups in total. The zero-order valence-corrected chi connectivity index (χ0v) is 16.1. The largest absolute Gasteiger partial charge is 0.335 e. The van der Waals surface area contributed by atoms with Crippen molar-refractivity contribution in [1.29, 1.82) is 0 Å². The van der Waals surface area contributed by atoms with E-state index < -0.39 is 15.9 Å². The molecule has 8 nitrogen and oxygen atoms in total. The van der Waals surface area contributed by atoms with Gasteiger partial charge in [0.2, 0.25) is 0 Å². The van der Waals surface area contributed by atoms with Gasteiger partial charge in [0.1, 0.15) is 0 Å². The number of fused-ring (bicyclic) bond motifs is 1. The van der Waals surface area contributed by atoms with Crippen molar-refractivity contribution in [1.82, 2.24) is 15.0 Å². The van der Waals surface area contributed by atoms with E-state index in [0.717, 1.165) is 12.8 Å². The third-order valence-electron chi connectivity index (χ3n) is 4.45. The molecule has 3 aromatic rings. The Hall–Kier alpha value is -3.46. The number of aromatic nitrogens is 1. The Morgan fingerprint density at radius 3 is 2.62 bits per heavy atom. The van der Waals surface area contributed by atoms with Gasteiger partial charge >= 0.3 is 6.03 Å². The van der Waals surface area contributed by atoms with Crippen LogP contribution >= 0.6 is 0 Å². The van der Waals surface area contributed by atoms with Crippen LogP contribution < -0.4 is 15.4 Å². The molecule has 0 saturated heterocycles. The van der Waals surface area contributed by atoms with Crippen molar-refractivity contribution < 1.29 is 18.0 Å². The standard InChI is InChI=1S/C20H18N4O4S/c25-19(13-3-1-5-16(11-13)23-20(26)22-15-7-8-15)24-29(27,28)18-6-2-4-14-12-21-10-9-17(14)18/h1-6,9-12,15H,7-8H2,(H,24,25)(H2,22,23,26). The Balaban J connectivity index is 1.53. The molecule has 0 bridgehead atoms. The van der Waals surface area contributed by atoms with Crippen LogP contribution in [0, 0.1) is 0 Å². The predicted octanol–water partition coefficient (Wildman–Crippen LogP) is 2.64. The first-order valence-corrected chi connectivity index (χ1v) is 10.5. The molecule has 1 aromatic heterocycles. The number of rotatable bonds is 5. The van der Waals surface area contributed by atoms with Crippen molar-refractivity contribution in [3.63, 3.8) is 0 Å². The van der Waals surface area contributed by atoms with Crippen LogP contribution in [0.25, 0.3) is 10.8 Å². The molecule has 2 aromatic carbocycles. The molecular formula is C20H18N4O4S. The summed E-state index contributed by atoms with van der Waals surface area (Å²) in [7, 11) is -4.10. The molecule has 29 heavy (non-hydrogen) atoms. The summed E-state index contributed by atoms with van der Waals surface area (Å²) in [5, 5.41) is 6.53. The van der Waals surface area contributed by atoms with Gasteiger partial charge in [0.05, 0.1) is 4.90 Å². The maximum absolute atomic E-state index is 12.8. The number of nitrogens with one attached hydrogen (secondary N) is 3. The van der Waals surface area contributed by atoms with Crippen molar-refractivity contribution in [2.45, 2.75) is 23.8 Å². The highest BCUT2D eigenvalue weighted by atomic mass is 32.2. The van der Waals surface area contributed by atoms with E-state index in [1.807, 2.05) is 0 Å². The van der Waals surface area contributed by atoms with E-state index in [1.165, 1.54) is 24.4 Å². The van der Waals surface area contributed by atoms with Crippen molar-refractivity contribution in [2.75, 3.05) is 5.32 Å². The molecule has 0 aliphatic heterocycles. The molecule has 1 aliphatic carbocycles. The molecule has 0 atom stereocenters. The van der Waals surface area contributed by atoms with Crippen LogP contribution in [0.4, 0.5) is 10.5 Å². The van der Waals surface area contributed by atoms with E-state index in [4.69, 9.17) is 0 Å². The zero-order valence-electron chi connectivity index (χ0n) is 15.3. The van der Waals surface area contributed by atoms with E-state index in [-0.39, 0.29) is 22.5 Å². The van der Waals surface area contributed by atoms with Gasteiger partial charge in [0.25, 0.3) is 15.9 Å². The number of carbonyl (C=O) groups is 2. The summed E-state index contributed by atoms with van der Waals surface area (Å²) < 4.78 is 27.7. The Morgan fingerprint density at radius 2 is 1.83 bits per heavy atom. The number of nitrogens with zero attached hydrogens (tertiary/aromatic N) is 1. The number of amides is 3. The van der Waals surface area contributed by atoms with E-state index in [1.54, 1.807) is 36.5 Å². The quantitative estimate of drug-likeness (QED) is 0.598. The normalized spacial score (nSPS) is 13.7. The second-order valence-corrected chi connectivity index (χ2v) is 8.39. The van der Waals surface area contributed by atoms with Crippen LogP contribution in [0.15, 0.2) is 65.8 Å². The molecule has 1 aliphatic rings. The van der Waals surface area contributed by atoms with Crippen LogP contribution in [-0.4, -0.2) is 31.4 Å². The predicted molar refractivity (Wildman–Crippen MR) is 108 cm³/mol. The average molecular weight is 410 g/mol. The van der Waals surface area contributed by atoms with Gasteiger partial charge in [-0.05, 0) is 43.2 Å². The number of hydrogen-bond donors (Lipinski definition) is 3. The molecule has 1 heterocycles. The van der Waals surface area contributed by atoms with Gasteiger partial charge in [-0.1, -0.05) is 18.2 Å². The van der Waals surface area contributed by atoms with Crippen LogP contribution in [0.3, 0.4) is 0 Å². The topological polar surface area (TPSA) is 117 Å². The molecular weight excluding hydrogens is 392 g/mol. The molecule has 0 spiro atoms. The smallest absolute Gasteiger partial charge is 0.319 e. The van der Waals surface area contributed by atoms with Crippen molar-refractivity contribution in [3.05, 3.63) is 66.5 Å². The molecule has 1 saturated carbocycles. The highest BCUT2D eigenvalue weighted by Crippen LogP contribution is 2.22. The number of hydrogen-bond acceptors (Lipinski definition) is 5. The highest BCUT2D eigenvalue weighted by Gasteiger charge is 2.24. The lowest BCUT2D eigenvalue weighted by Gasteiger charge is -2.11. The first-order chi connectivity index (χ1) is 13.9. The molecule has 0 radical (unpaired) electrons. The number of sulfonamides is 1. The molecule has 148 valence electrons. The molecule has 4 rings (SSSR count). The highest BCUT2D eigenvalue weighted by molar-refractivity contribution is 7.90. The number of anilines is 1. The Morgan fingerprint density at radius 1 is 1.03 bits per heavy atom. The SMILES string of the molecule is O=C(Nc1cccc(C(=O)NS(=O)(=O)c2cccc3cnccc23)c1)NC1CC1. The van der Waals surface area contributed by atoms with Gasteiger partial charge in [-0.3, -0.25) is 9.78 Å². The maximum atomic E-state index is 12.8. The summed E-state index contributed by atoms with van der Waals surface area (Å²) in [4.78, 5) is 28.4. The fourth-order valence-corrected chi connectivity index (χ4v) is 4.09. The summed E-state index contributed by atoms with van der Waals surface area (Å²) in [5.41, 5.74) is 0.504. The second-order valence-electron chi connectivity index (χ2n) is 6.74. The molecule has 0 unspecified atom stereocenters. The summed E-state index contributed by atoms with van der Waals surface area (Å²) in [6.07, 6.45) is 4.96. The molecule has 1 fully saturated rings. The van der Waals surface area contributed by atoms with E-state index in [9.17, 15) is 18.0 Å². The first kappa shape index (κ1) is 18.9. The van der Waals surface area contributed by atoms with E-state index in [2.05, 4.69) is 20.3 Å². The third-order valence-corrected chi connectivity index (χ3v) is 5.84. The third kappa shape index (κ3) is 4.35. The number of benzene rings is 2. The number of urea groups is 1. The average Bonchev–Trinajstić information content (AvgIpc) is 3.51. The van der Waals surface area contributed by atoms with Crippen LogP contribution in [-0.2, 0) is 10.0 Å². The minimum atomic E-state index is -4.10. The van der Waals surface area contributed by atoms with Gasteiger partial charge in [-0.2, -0.15) is 0 Å². The summed E-state index contributed by atoms with van der Waals surface area (Å²) in [5.74, 6) is -0.790. The Labute approximate surface area is 167 Å². The van der Waals surface area contributed by atoms with Crippen molar-refractivity contribution in [2.24, 2.45) is 0 Å². The zero-order chi connectivity index (χ0) is 20.4. The summed E-state index contributed by atoms with van der Waals surface area (Å²) in [6.45, 7) is 0. The van der Waals surface area contributed by atoms with E-state index in [0.29, 0.717) is 16.5 Å².